The summed E-state index contributed by atoms with van der Waals surface area (Å²) in [5.74, 6) is -1.54. The van der Waals surface area contributed by atoms with Gasteiger partial charge in [-0.1, -0.05) is 36.4 Å². The smallest absolute Gasteiger partial charge is 0.323 e. The van der Waals surface area contributed by atoms with E-state index in [2.05, 4.69) is 15.6 Å². The summed E-state index contributed by atoms with van der Waals surface area (Å²) in [7, 11) is 0. The first-order chi connectivity index (χ1) is 13.1. The van der Waals surface area contributed by atoms with Gasteiger partial charge in [0, 0.05) is 28.2 Å². The Kier molecular flexibility index (Phi) is 4.30. The summed E-state index contributed by atoms with van der Waals surface area (Å²) in [6, 6.07) is 19.5. The fraction of sp³-hybridized carbons (Fsp3) is 0. The standard InChI is InChI=1S/C21H15F2N3O/c22-14-9-10-19(16(23)12-14)26-21(27)25-18-8-4-2-6-15(18)20-11-13-5-1-3-7-17(13)24-20/h1-12,24H,(H2,25,26,27). The van der Waals surface area contributed by atoms with Gasteiger partial charge in [-0.2, -0.15) is 0 Å². The number of aromatic amines is 1. The summed E-state index contributed by atoms with van der Waals surface area (Å²) in [6.07, 6.45) is 0. The van der Waals surface area contributed by atoms with E-state index in [0.717, 1.165) is 28.2 Å². The monoisotopic (exact) mass is 363 g/mol. The van der Waals surface area contributed by atoms with Crippen LogP contribution in [0.5, 0.6) is 0 Å². The van der Waals surface area contributed by atoms with Crippen LogP contribution in [0.15, 0.2) is 72.8 Å². The zero-order valence-corrected chi connectivity index (χ0v) is 14.1. The molecule has 0 aliphatic heterocycles. The molecule has 4 aromatic rings. The van der Waals surface area contributed by atoms with E-state index in [9.17, 15) is 13.6 Å². The van der Waals surface area contributed by atoms with E-state index in [1.807, 2.05) is 42.5 Å². The molecule has 0 saturated heterocycles. The van der Waals surface area contributed by atoms with E-state index in [1.54, 1.807) is 12.1 Å². The predicted octanol–water partition coefficient (Wildman–Crippen LogP) is 5.76. The van der Waals surface area contributed by atoms with Crippen LogP contribution < -0.4 is 10.6 Å². The lowest BCUT2D eigenvalue weighted by atomic mass is 10.1. The number of urea groups is 1. The van der Waals surface area contributed by atoms with Crippen molar-refractivity contribution < 1.29 is 13.6 Å². The first kappa shape index (κ1) is 16.8. The molecule has 0 aliphatic carbocycles. The number of halogens is 2. The normalized spacial score (nSPS) is 10.7. The molecule has 27 heavy (non-hydrogen) atoms. The molecule has 0 saturated carbocycles. The summed E-state index contributed by atoms with van der Waals surface area (Å²) in [4.78, 5) is 15.6. The number of fused-ring (bicyclic) bond motifs is 1. The summed E-state index contributed by atoms with van der Waals surface area (Å²) in [5, 5.41) is 6.16. The van der Waals surface area contributed by atoms with Crippen molar-refractivity contribution >= 4 is 28.3 Å². The molecule has 0 spiro atoms. The fourth-order valence-electron chi connectivity index (χ4n) is 2.91. The Balaban J connectivity index is 1.60. The summed E-state index contributed by atoms with van der Waals surface area (Å²) in [5.41, 5.74) is 3.09. The molecule has 3 aromatic carbocycles. The van der Waals surface area contributed by atoms with Crippen LogP contribution in [0.1, 0.15) is 0 Å². The molecule has 0 fully saturated rings. The van der Waals surface area contributed by atoms with Gasteiger partial charge in [0.2, 0.25) is 0 Å². The maximum Gasteiger partial charge on any atom is 0.323 e. The highest BCUT2D eigenvalue weighted by molar-refractivity contribution is 6.02. The molecule has 0 bridgehead atoms. The van der Waals surface area contributed by atoms with Gasteiger partial charge in [-0.25, -0.2) is 13.6 Å². The number of carbonyl (C=O) groups excluding carboxylic acids is 1. The van der Waals surface area contributed by atoms with Crippen LogP contribution in [0.2, 0.25) is 0 Å². The molecule has 134 valence electrons. The average molecular weight is 363 g/mol. The molecule has 6 heteroatoms. The van der Waals surface area contributed by atoms with Crippen LogP contribution in [0, 0.1) is 11.6 Å². The van der Waals surface area contributed by atoms with Crippen LogP contribution in [0.3, 0.4) is 0 Å². The second-order valence-electron chi connectivity index (χ2n) is 6.02. The predicted molar refractivity (Wildman–Crippen MR) is 103 cm³/mol. The number of anilines is 2. The van der Waals surface area contributed by atoms with E-state index in [1.165, 1.54) is 6.07 Å². The maximum absolute atomic E-state index is 13.7. The molecule has 2 amide bonds. The minimum Gasteiger partial charge on any atom is -0.354 e. The van der Waals surface area contributed by atoms with Gasteiger partial charge < -0.3 is 15.6 Å². The zero-order valence-electron chi connectivity index (χ0n) is 14.1. The van der Waals surface area contributed by atoms with Crippen LogP contribution >= 0.6 is 0 Å². The lowest BCUT2D eigenvalue weighted by molar-refractivity contribution is 0.262. The number of para-hydroxylation sites is 2. The molecule has 0 atom stereocenters. The van der Waals surface area contributed by atoms with Gasteiger partial charge in [0.25, 0.3) is 0 Å². The molecule has 0 unspecified atom stereocenters. The highest BCUT2D eigenvalue weighted by Gasteiger charge is 2.12. The molecule has 0 aliphatic rings. The van der Waals surface area contributed by atoms with Crippen molar-refractivity contribution in [1.29, 1.82) is 0 Å². The van der Waals surface area contributed by atoms with Crippen LogP contribution in [0.4, 0.5) is 25.0 Å². The Morgan fingerprint density at radius 1 is 0.815 bits per heavy atom. The second-order valence-corrected chi connectivity index (χ2v) is 6.02. The van der Waals surface area contributed by atoms with Crippen molar-refractivity contribution in [3.05, 3.63) is 84.4 Å². The Bertz CT molecular complexity index is 1100. The van der Waals surface area contributed by atoms with Gasteiger partial charge >= 0.3 is 6.03 Å². The van der Waals surface area contributed by atoms with Gasteiger partial charge in [0.15, 0.2) is 0 Å². The van der Waals surface area contributed by atoms with E-state index in [-0.39, 0.29) is 5.69 Å². The minimum atomic E-state index is -0.839. The first-order valence-corrected chi connectivity index (χ1v) is 8.30. The zero-order chi connectivity index (χ0) is 18.8. The lowest BCUT2D eigenvalue weighted by Gasteiger charge is -2.11. The van der Waals surface area contributed by atoms with Gasteiger partial charge in [0.05, 0.1) is 11.4 Å². The van der Waals surface area contributed by atoms with Gasteiger partial charge in [-0.05, 0) is 30.3 Å². The third kappa shape index (κ3) is 3.50. The van der Waals surface area contributed by atoms with E-state index in [4.69, 9.17) is 0 Å². The third-order valence-electron chi connectivity index (χ3n) is 4.17. The number of nitrogens with one attached hydrogen (secondary N) is 3. The van der Waals surface area contributed by atoms with Gasteiger partial charge in [0.1, 0.15) is 11.6 Å². The number of carbonyl (C=O) groups is 1. The molecule has 3 N–H and O–H groups in total. The number of H-pyrrole nitrogens is 1. The highest BCUT2D eigenvalue weighted by Crippen LogP contribution is 2.30. The molecule has 1 heterocycles. The highest BCUT2D eigenvalue weighted by atomic mass is 19.1. The Hall–Kier alpha value is -3.67. The number of aromatic nitrogens is 1. The van der Waals surface area contributed by atoms with Crippen molar-refractivity contribution in [2.75, 3.05) is 10.6 Å². The Labute approximate surface area is 153 Å². The number of amides is 2. The van der Waals surface area contributed by atoms with E-state index < -0.39 is 17.7 Å². The maximum atomic E-state index is 13.7. The average Bonchev–Trinajstić information content (AvgIpc) is 3.08. The van der Waals surface area contributed by atoms with Crippen LogP contribution in [-0.2, 0) is 0 Å². The molecule has 1 aromatic heterocycles. The van der Waals surface area contributed by atoms with Crippen molar-refractivity contribution in [1.82, 2.24) is 4.98 Å². The Morgan fingerprint density at radius 2 is 1.56 bits per heavy atom. The second kappa shape index (κ2) is 6.92. The lowest BCUT2D eigenvalue weighted by Crippen LogP contribution is -2.20. The van der Waals surface area contributed by atoms with Crippen LogP contribution in [0.25, 0.3) is 22.2 Å². The number of rotatable bonds is 3. The largest absolute Gasteiger partial charge is 0.354 e. The first-order valence-electron chi connectivity index (χ1n) is 8.30. The van der Waals surface area contributed by atoms with Crippen LogP contribution in [-0.4, -0.2) is 11.0 Å². The molecule has 4 rings (SSSR count). The molecule has 4 nitrogen and oxygen atoms in total. The molecular formula is C21H15F2N3O. The fourth-order valence-corrected chi connectivity index (χ4v) is 2.91. The summed E-state index contributed by atoms with van der Waals surface area (Å²) >= 11 is 0. The van der Waals surface area contributed by atoms with Crippen molar-refractivity contribution in [2.24, 2.45) is 0 Å². The number of benzene rings is 3. The minimum absolute atomic E-state index is 0.100. The SMILES string of the molecule is O=C(Nc1ccc(F)cc1F)Nc1ccccc1-c1cc2ccccc2[nH]1. The molecule has 0 radical (unpaired) electrons. The Morgan fingerprint density at radius 3 is 2.37 bits per heavy atom. The quantitative estimate of drug-likeness (QED) is 0.426. The van der Waals surface area contributed by atoms with Crippen molar-refractivity contribution in [3.63, 3.8) is 0 Å². The van der Waals surface area contributed by atoms with E-state index in [0.29, 0.717) is 11.8 Å². The van der Waals surface area contributed by atoms with Crippen molar-refractivity contribution in [2.45, 2.75) is 0 Å². The van der Waals surface area contributed by atoms with E-state index >= 15 is 0 Å². The van der Waals surface area contributed by atoms with Crippen molar-refractivity contribution in [3.8, 4) is 11.3 Å². The molecular weight excluding hydrogens is 348 g/mol. The summed E-state index contributed by atoms with van der Waals surface area (Å²) < 4.78 is 26.7. The summed E-state index contributed by atoms with van der Waals surface area (Å²) in [6.45, 7) is 0. The number of hydrogen-bond acceptors (Lipinski definition) is 1. The third-order valence-corrected chi connectivity index (χ3v) is 4.17. The van der Waals surface area contributed by atoms with Gasteiger partial charge in [-0.15, -0.1) is 0 Å². The number of hydrogen-bond donors (Lipinski definition) is 3. The topological polar surface area (TPSA) is 56.9 Å². The van der Waals surface area contributed by atoms with Gasteiger partial charge in [-0.3, -0.25) is 0 Å².